The summed E-state index contributed by atoms with van der Waals surface area (Å²) in [6.07, 6.45) is 0.905. The van der Waals surface area contributed by atoms with Crippen LogP contribution in [-0.2, 0) is 24.8 Å². The average molecular weight is 481 g/mol. The minimum absolute atomic E-state index is 0.232. The van der Waals surface area contributed by atoms with Crippen molar-refractivity contribution < 1.29 is 4.79 Å². The summed E-state index contributed by atoms with van der Waals surface area (Å²) in [6.45, 7) is 5.74. The van der Waals surface area contributed by atoms with Crippen molar-refractivity contribution in [2.24, 2.45) is 7.05 Å². The molecule has 7 heteroatoms. The Morgan fingerprint density at radius 2 is 1.53 bits per heavy atom. The van der Waals surface area contributed by atoms with E-state index in [4.69, 9.17) is 0 Å². The Morgan fingerprint density at radius 1 is 0.861 bits per heavy atom. The monoisotopic (exact) mass is 480 g/mol. The van der Waals surface area contributed by atoms with Gasteiger partial charge in [-0.3, -0.25) is 14.2 Å². The van der Waals surface area contributed by atoms with Crippen LogP contribution in [0.3, 0.4) is 0 Å². The maximum absolute atomic E-state index is 13.8. The van der Waals surface area contributed by atoms with Crippen molar-refractivity contribution in [3.05, 3.63) is 104 Å². The minimum atomic E-state index is -0.554. The lowest BCUT2D eigenvalue weighted by molar-refractivity contribution is -0.116. The predicted octanol–water partition coefficient (Wildman–Crippen LogP) is 4.46. The summed E-state index contributed by atoms with van der Waals surface area (Å²) in [7, 11) is 1.81. The fourth-order valence-corrected chi connectivity index (χ4v) is 4.70. The molecule has 7 nitrogen and oxygen atoms in total. The molecule has 2 heterocycles. The van der Waals surface area contributed by atoms with Crippen LogP contribution in [0.2, 0.25) is 0 Å². The van der Waals surface area contributed by atoms with E-state index in [0.29, 0.717) is 22.4 Å². The lowest BCUT2D eigenvalue weighted by Gasteiger charge is -2.14. The fourth-order valence-electron chi connectivity index (χ4n) is 4.70. The lowest BCUT2D eigenvalue weighted by atomic mass is 10.1. The van der Waals surface area contributed by atoms with Crippen molar-refractivity contribution in [3.8, 4) is 5.69 Å². The van der Waals surface area contributed by atoms with E-state index < -0.39 is 11.2 Å². The highest BCUT2D eigenvalue weighted by Crippen LogP contribution is 2.27. The Kier molecular flexibility index (Phi) is 5.84. The first kappa shape index (κ1) is 23.4. The number of hydrogen-bond donors (Lipinski definition) is 1. The maximum Gasteiger partial charge on any atom is 0.336 e. The molecule has 2 aromatic heterocycles. The Balaban J connectivity index is 1.73. The second kappa shape index (κ2) is 9.00. The molecule has 5 aromatic rings. The number of nitrogens with zero attached hydrogens (tertiary/aromatic N) is 3. The van der Waals surface area contributed by atoms with E-state index in [9.17, 15) is 14.4 Å². The third-order valence-corrected chi connectivity index (χ3v) is 6.67. The van der Waals surface area contributed by atoms with Crippen LogP contribution in [0.25, 0.3) is 27.6 Å². The molecule has 5 rings (SSSR count). The van der Waals surface area contributed by atoms with Gasteiger partial charge in [-0.05, 0) is 62.2 Å². The normalized spacial score (nSPS) is 11.3. The highest BCUT2D eigenvalue weighted by atomic mass is 16.2. The van der Waals surface area contributed by atoms with Crippen LogP contribution in [0.4, 0.5) is 5.69 Å². The quantitative estimate of drug-likeness (QED) is 0.403. The molecule has 0 unspecified atom stereocenters. The predicted molar refractivity (Wildman–Crippen MR) is 144 cm³/mol. The third-order valence-electron chi connectivity index (χ3n) is 6.67. The number of amides is 1. The zero-order chi connectivity index (χ0) is 25.6. The zero-order valence-electron chi connectivity index (χ0n) is 20.8. The SMILES string of the molecule is CCc1ccc(NC(=O)Cn2c(=O)n(-c3ccc(C)cc3)c(=O)c3c2c2cc(C)ccc2n3C)cc1. The van der Waals surface area contributed by atoms with Crippen LogP contribution < -0.4 is 16.6 Å². The van der Waals surface area contributed by atoms with Crippen LogP contribution in [0.15, 0.2) is 76.3 Å². The summed E-state index contributed by atoms with van der Waals surface area (Å²) in [4.78, 5) is 40.7. The molecule has 0 fully saturated rings. The van der Waals surface area contributed by atoms with Crippen molar-refractivity contribution in [2.75, 3.05) is 5.32 Å². The molecule has 1 N–H and O–H groups in total. The number of carbonyl (C=O) groups is 1. The lowest BCUT2D eigenvalue weighted by Crippen LogP contribution is -2.41. The van der Waals surface area contributed by atoms with E-state index in [2.05, 4.69) is 12.2 Å². The second-order valence-corrected chi connectivity index (χ2v) is 9.22. The number of fused-ring (bicyclic) bond motifs is 3. The van der Waals surface area contributed by atoms with Gasteiger partial charge in [0, 0.05) is 18.1 Å². The molecule has 0 radical (unpaired) electrons. The number of aryl methyl sites for hydroxylation is 4. The Labute approximate surface area is 208 Å². The largest absolute Gasteiger partial charge is 0.338 e. The molecule has 0 saturated carbocycles. The average Bonchev–Trinajstić information content (AvgIpc) is 3.15. The van der Waals surface area contributed by atoms with E-state index >= 15 is 0 Å². The molecule has 0 spiro atoms. The van der Waals surface area contributed by atoms with Gasteiger partial charge < -0.3 is 9.88 Å². The standard InChI is InChI=1S/C29H28N4O3/c1-5-20-9-11-21(12-10-20)30-25(34)17-32-26-23-16-19(3)8-15-24(23)31(4)27(26)28(35)33(29(32)36)22-13-6-18(2)7-14-22/h6-16H,5,17H2,1-4H3,(H,30,34). The van der Waals surface area contributed by atoms with E-state index in [1.165, 1.54) is 10.1 Å². The number of hydrogen-bond acceptors (Lipinski definition) is 3. The Morgan fingerprint density at radius 3 is 2.19 bits per heavy atom. The summed E-state index contributed by atoms with van der Waals surface area (Å²) < 4.78 is 4.36. The van der Waals surface area contributed by atoms with E-state index in [-0.39, 0.29) is 12.5 Å². The molecule has 0 aliphatic carbocycles. The minimum Gasteiger partial charge on any atom is -0.338 e. The zero-order valence-corrected chi connectivity index (χ0v) is 20.8. The number of carbonyl (C=O) groups excluding carboxylic acids is 1. The molecule has 0 saturated heterocycles. The molecule has 0 aliphatic heterocycles. The van der Waals surface area contributed by atoms with Crippen molar-refractivity contribution in [1.82, 2.24) is 13.7 Å². The number of aromatic nitrogens is 3. The first-order valence-corrected chi connectivity index (χ1v) is 12.0. The Bertz CT molecular complexity index is 1740. The van der Waals surface area contributed by atoms with Crippen molar-refractivity contribution in [2.45, 2.75) is 33.7 Å². The van der Waals surface area contributed by atoms with Gasteiger partial charge in [0.15, 0.2) is 0 Å². The molecular formula is C29H28N4O3. The first-order valence-electron chi connectivity index (χ1n) is 12.0. The Hall–Kier alpha value is -4.39. The number of rotatable bonds is 5. The maximum atomic E-state index is 13.8. The number of benzene rings is 3. The molecule has 36 heavy (non-hydrogen) atoms. The van der Waals surface area contributed by atoms with Gasteiger partial charge in [-0.25, -0.2) is 9.36 Å². The first-order chi connectivity index (χ1) is 17.3. The second-order valence-electron chi connectivity index (χ2n) is 9.22. The van der Waals surface area contributed by atoms with Crippen LogP contribution in [-0.4, -0.2) is 19.6 Å². The molecule has 3 aromatic carbocycles. The summed E-state index contributed by atoms with van der Waals surface area (Å²) in [5.74, 6) is -0.346. The van der Waals surface area contributed by atoms with Crippen molar-refractivity contribution in [1.29, 1.82) is 0 Å². The topological polar surface area (TPSA) is 78.0 Å². The summed E-state index contributed by atoms with van der Waals surface area (Å²) >= 11 is 0. The number of nitrogens with one attached hydrogen (secondary N) is 1. The van der Waals surface area contributed by atoms with E-state index in [1.54, 1.807) is 16.7 Å². The number of anilines is 1. The van der Waals surface area contributed by atoms with Gasteiger partial charge in [-0.2, -0.15) is 0 Å². The molecule has 182 valence electrons. The highest BCUT2D eigenvalue weighted by Gasteiger charge is 2.22. The van der Waals surface area contributed by atoms with Gasteiger partial charge in [0.25, 0.3) is 5.56 Å². The highest BCUT2D eigenvalue weighted by molar-refractivity contribution is 6.06. The van der Waals surface area contributed by atoms with E-state index in [0.717, 1.165) is 33.0 Å². The van der Waals surface area contributed by atoms with Crippen molar-refractivity contribution >= 4 is 33.5 Å². The summed E-state index contributed by atoms with van der Waals surface area (Å²) in [6, 6.07) is 20.7. The van der Waals surface area contributed by atoms with Gasteiger partial charge in [-0.15, -0.1) is 0 Å². The molecule has 0 atom stereocenters. The van der Waals surface area contributed by atoms with Gasteiger partial charge in [0.05, 0.1) is 16.7 Å². The molecule has 1 amide bonds. The van der Waals surface area contributed by atoms with Crippen LogP contribution in [0.1, 0.15) is 23.6 Å². The van der Waals surface area contributed by atoms with Gasteiger partial charge in [0.1, 0.15) is 12.1 Å². The molecule has 0 bridgehead atoms. The van der Waals surface area contributed by atoms with Crippen molar-refractivity contribution in [3.63, 3.8) is 0 Å². The van der Waals surface area contributed by atoms with Crippen LogP contribution >= 0.6 is 0 Å². The van der Waals surface area contributed by atoms with Gasteiger partial charge >= 0.3 is 5.69 Å². The molecular weight excluding hydrogens is 452 g/mol. The third kappa shape index (κ3) is 3.92. The fraction of sp³-hybridized carbons (Fsp3) is 0.207. The van der Waals surface area contributed by atoms with Crippen LogP contribution in [0, 0.1) is 13.8 Å². The van der Waals surface area contributed by atoms with Gasteiger partial charge in [0.2, 0.25) is 5.91 Å². The van der Waals surface area contributed by atoms with E-state index in [1.807, 2.05) is 75.5 Å². The smallest absolute Gasteiger partial charge is 0.336 e. The summed E-state index contributed by atoms with van der Waals surface area (Å²) in [5.41, 5.74) is 4.98. The van der Waals surface area contributed by atoms with Crippen LogP contribution in [0.5, 0.6) is 0 Å². The summed E-state index contributed by atoms with van der Waals surface area (Å²) in [5, 5.41) is 3.65. The molecule has 0 aliphatic rings. The van der Waals surface area contributed by atoms with Gasteiger partial charge in [-0.1, -0.05) is 48.4 Å².